The SMILES string of the molecule is O=C(N/N=C/c1ccc(Br)cc1)c1ccn(Cc2ccc(Br)cc2)n1. The Kier molecular flexibility index (Phi) is 5.78. The molecule has 1 heterocycles. The third-order valence-corrected chi connectivity index (χ3v) is 4.44. The van der Waals surface area contributed by atoms with Gasteiger partial charge < -0.3 is 0 Å². The fourth-order valence-electron chi connectivity index (χ4n) is 2.12. The van der Waals surface area contributed by atoms with Gasteiger partial charge in [0.2, 0.25) is 0 Å². The summed E-state index contributed by atoms with van der Waals surface area (Å²) in [6.07, 6.45) is 3.36. The Labute approximate surface area is 162 Å². The predicted molar refractivity (Wildman–Crippen MR) is 105 cm³/mol. The van der Waals surface area contributed by atoms with Gasteiger partial charge in [-0.15, -0.1) is 0 Å². The van der Waals surface area contributed by atoms with E-state index in [0.29, 0.717) is 12.2 Å². The second-order valence-corrected chi connectivity index (χ2v) is 7.11. The molecular weight excluding hydrogens is 448 g/mol. The van der Waals surface area contributed by atoms with Gasteiger partial charge in [0.15, 0.2) is 5.69 Å². The Balaban J connectivity index is 1.58. The number of hydrogen-bond donors (Lipinski definition) is 1. The van der Waals surface area contributed by atoms with Crippen LogP contribution in [-0.4, -0.2) is 21.9 Å². The van der Waals surface area contributed by atoms with Crippen LogP contribution >= 0.6 is 31.9 Å². The van der Waals surface area contributed by atoms with Gasteiger partial charge in [-0.3, -0.25) is 9.48 Å². The normalized spacial score (nSPS) is 11.0. The van der Waals surface area contributed by atoms with Crippen LogP contribution in [-0.2, 0) is 6.54 Å². The highest BCUT2D eigenvalue weighted by molar-refractivity contribution is 9.10. The minimum atomic E-state index is -0.345. The van der Waals surface area contributed by atoms with E-state index in [1.807, 2.05) is 48.5 Å². The number of hydrazone groups is 1. The van der Waals surface area contributed by atoms with E-state index in [-0.39, 0.29) is 5.91 Å². The average Bonchev–Trinajstić information content (AvgIpc) is 3.07. The van der Waals surface area contributed by atoms with Crippen LogP contribution in [0.15, 0.2) is 74.8 Å². The summed E-state index contributed by atoms with van der Waals surface area (Å²) in [4.78, 5) is 12.1. The van der Waals surface area contributed by atoms with Crippen molar-refractivity contribution in [3.05, 3.63) is 86.6 Å². The molecule has 0 unspecified atom stereocenters. The molecule has 5 nitrogen and oxygen atoms in total. The number of halogens is 2. The van der Waals surface area contributed by atoms with E-state index in [4.69, 9.17) is 0 Å². The molecule has 126 valence electrons. The van der Waals surface area contributed by atoms with Crippen LogP contribution in [0.4, 0.5) is 0 Å². The molecular formula is C18H14Br2N4O. The fourth-order valence-corrected chi connectivity index (χ4v) is 2.65. The maximum Gasteiger partial charge on any atom is 0.291 e. The molecule has 7 heteroatoms. The third kappa shape index (κ3) is 5.11. The number of nitrogens with zero attached hydrogens (tertiary/aromatic N) is 3. The van der Waals surface area contributed by atoms with Crippen LogP contribution in [0.2, 0.25) is 0 Å². The van der Waals surface area contributed by atoms with Crippen LogP contribution in [0.25, 0.3) is 0 Å². The Hall–Kier alpha value is -2.25. The maximum absolute atomic E-state index is 12.1. The van der Waals surface area contributed by atoms with Gasteiger partial charge in [-0.25, -0.2) is 5.43 Å². The van der Waals surface area contributed by atoms with Gasteiger partial charge in [-0.2, -0.15) is 10.2 Å². The number of carbonyl (C=O) groups is 1. The number of carbonyl (C=O) groups excluding carboxylic acids is 1. The molecule has 0 atom stereocenters. The zero-order valence-electron chi connectivity index (χ0n) is 13.1. The zero-order valence-corrected chi connectivity index (χ0v) is 16.2. The number of rotatable bonds is 5. The van der Waals surface area contributed by atoms with E-state index in [0.717, 1.165) is 20.1 Å². The number of hydrogen-bond acceptors (Lipinski definition) is 3. The lowest BCUT2D eigenvalue weighted by Gasteiger charge is -2.02. The second-order valence-electron chi connectivity index (χ2n) is 5.28. The van der Waals surface area contributed by atoms with Crippen LogP contribution in [0.1, 0.15) is 21.6 Å². The Morgan fingerprint density at radius 1 is 1.04 bits per heavy atom. The molecule has 0 bridgehead atoms. The standard InChI is InChI=1S/C18H14Br2N4O/c19-15-5-1-13(2-6-15)11-21-22-18(25)17-9-10-24(23-17)12-14-3-7-16(20)8-4-14/h1-11H,12H2,(H,22,25)/b21-11+. The second kappa shape index (κ2) is 8.22. The predicted octanol–water partition coefficient (Wildman–Crippen LogP) is 4.22. The van der Waals surface area contributed by atoms with Crippen molar-refractivity contribution in [1.29, 1.82) is 0 Å². The van der Waals surface area contributed by atoms with Gasteiger partial charge >= 0.3 is 0 Å². The summed E-state index contributed by atoms with van der Waals surface area (Å²) in [6, 6.07) is 17.2. The Bertz CT molecular complexity index is 886. The molecule has 0 fully saturated rings. The molecule has 3 rings (SSSR count). The van der Waals surface area contributed by atoms with E-state index >= 15 is 0 Å². The highest BCUT2D eigenvalue weighted by Gasteiger charge is 2.08. The summed E-state index contributed by atoms with van der Waals surface area (Å²) in [7, 11) is 0. The van der Waals surface area contributed by atoms with Gasteiger partial charge in [0.25, 0.3) is 5.91 Å². The average molecular weight is 462 g/mol. The minimum Gasteiger partial charge on any atom is -0.268 e. The first kappa shape index (κ1) is 17.6. The largest absolute Gasteiger partial charge is 0.291 e. The molecule has 0 aliphatic carbocycles. The van der Waals surface area contributed by atoms with E-state index in [9.17, 15) is 4.79 Å². The zero-order chi connectivity index (χ0) is 17.6. The van der Waals surface area contributed by atoms with Crippen LogP contribution < -0.4 is 5.43 Å². The molecule has 0 radical (unpaired) electrons. The lowest BCUT2D eigenvalue weighted by molar-refractivity contribution is 0.0949. The molecule has 1 N–H and O–H groups in total. The molecule has 1 amide bonds. The van der Waals surface area contributed by atoms with Crippen molar-refractivity contribution in [3.8, 4) is 0 Å². The Morgan fingerprint density at radius 2 is 1.68 bits per heavy atom. The molecule has 25 heavy (non-hydrogen) atoms. The summed E-state index contributed by atoms with van der Waals surface area (Å²) >= 11 is 6.78. The smallest absolute Gasteiger partial charge is 0.268 e. The lowest BCUT2D eigenvalue weighted by Crippen LogP contribution is -2.18. The maximum atomic E-state index is 12.1. The monoisotopic (exact) mass is 460 g/mol. The van der Waals surface area contributed by atoms with Crippen molar-refractivity contribution in [2.75, 3.05) is 0 Å². The van der Waals surface area contributed by atoms with Crippen LogP contribution in [0.5, 0.6) is 0 Å². The van der Waals surface area contributed by atoms with Crippen LogP contribution in [0.3, 0.4) is 0 Å². The molecule has 0 aliphatic rings. The van der Waals surface area contributed by atoms with Crippen molar-refractivity contribution < 1.29 is 4.79 Å². The summed E-state index contributed by atoms with van der Waals surface area (Å²) in [5.74, 6) is -0.345. The van der Waals surface area contributed by atoms with Crippen molar-refractivity contribution in [2.45, 2.75) is 6.54 Å². The number of aromatic nitrogens is 2. The number of benzene rings is 2. The van der Waals surface area contributed by atoms with Crippen molar-refractivity contribution in [1.82, 2.24) is 15.2 Å². The van der Waals surface area contributed by atoms with Crippen molar-refractivity contribution >= 4 is 44.0 Å². The lowest BCUT2D eigenvalue weighted by atomic mass is 10.2. The first-order valence-electron chi connectivity index (χ1n) is 7.47. The molecule has 3 aromatic rings. The first-order valence-corrected chi connectivity index (χ1v) is 9.05. The highest BCUT2D eigenvalue weighted by atomic mass is 79.9. The van der Waals surface area contributed by atoms with Gasteiger partial charge in [0, 0.05) is 15.1 Å². The van der Waals surface area contributed by atoms with E-state index in [1.54, 1.807) is 23.2 Å². The van der Waals surface area contributed by atoms with E-state index in [1.165, 1.54) is 0 Å². The summed E-state index contributed by atoms with van der Waals surface area (Å²) in [6.45, 7) is 0.600. The van der Waals surface area contributed by atoms with Crippen molar-refractivity contribution in [3.63, 3.8) is 0 Å². The van der Waals surface area contributed by atoms with Gasteiger partial charge in [-0.1, -0.05) is 56.1 Å². The van der Waals surface area contributed by atoms with Gasteiger partial charge in [0.1, 0.15) is 0 Å². The summed E-state index contributed by atoms with van der Waals surface area (Å²) in [5.41, 5.74) is 4.80. The fraction of sp³-hybridized carbons (Fsp3) is 0.0556. The van der Waals surface area contributed by atoms with E-state index in [2.05, 4.69) is 47.5 Å². The highest BCUT2D eigenvalue weighted by Crippen LogP contribution is 2.11. The molecule has 0 aliphatic heterocycles. The Morgan fingerprint density at radius 3 is 2.36 bits per heavy atom. The molecule has 0 saturated carbocycles. The first-order chi connectivity index (χ1) is 12.1. The molecule has 2 aromatic carbocycles. The summed E-state index contributed by atoms with van der Waals surface area (Å²) < 4.78 is 3.74. The van der Waals surface area contributed by atoms with Gasteiger partial charge in [0.05, 0.1) is 12.8 Å². The van der Waals surface area contributed by atoms with E-state index < -0.39 is 0 Å². The summed E-state index contributed by atoms with van der Waals surface area (Å²) in [5, 5.41) is 8.23. The van der Waals surface area contributed by atoms with Crippen LogP contribution in [0, 0.1) is 0 Å². The molecule has 0 saturated heterocycles. The molecule has 1 aromatic heterocycles. The minimum absolute atomic E-state index is 0.324. The van der Waals surface area contributed by atoms with Crippen molar-refractivity contribution in [2.24, 2.45) is 5.10 Å². The topological polar surface area (TPSA) is 59.3 Å². The third-order valence-electron chi connectivity index (χ3n) is 3.38. The molecule has 0 spiro atoms. The quantitative estimate of drug-likeness (QED) is 0.456. The van der Waals surface area contributed by atoms with Gasteiger partial charge in [-0.05, 0) is 41.5 Å². The number of amides is 1. The number of nitrogens with one attached hydrogen (secondary N) is 1.